The third-order valence-electron chi connectivity index (χ3n) is 2.51. The van der Waals surface area contributed by atoms with Gasteiger partial charge in [-0.25, -0.2) is 0 Å². The fraction of sp³-hybridized carbons (Fsp3) is 0.417. The topological polar surface area (TPSA) is 58.6 Å². The number of phenolic OH excluding ortho intramolecular Hbond substituents is 1. The summed E-state index contributed by atoms with van der Waals surface area (Å²) in [5.74, 6) is 0.908. The van der Waals surface area contributed by atoms with Crippen molar-refractivity contribution >= 4 is 5.91 Å². The lowest BCUT2D eigenvalue weighted by molar-refractivity contribution is -0.123. The zero-order valence-electron chi connectivity index (χ0n) is 8.98. The molecule has 2 rings (SSSR count). The van der Waals surface area contributed by atoms with Crippen molar-refractivity contribution in [3.63, 3.8) is 0 Å². The van der Waals surface area contributed by atoms with E-state index in [9.17, 15) is 9.90 Å². The summed E-state index contributed by atoms with van der Waals surface area (Å²) < 4.78 is 5.19. The lowest BCUT2D eigenvalue weighted by Crippen LogP contribution is -2.30. The van der Waals surface area contributed by atoms with Gasteiger partial charge < -0.3 is 15.2 Å². The maximum atomic E-state index is 11.3. The largest absolute Gasteiger partial charge is 0.504 e. The maximum Gasteiger partial charge on any atom is 0.257 e. The van der Waals surface area contributed by atoms with E-state index < -0.39 is 0 Å². The van der Waals surface area contributed by atoms with Gasteiger partial charge in [-0.2, -0.15) is 0 Å². The molecule has 86 valence electrons. The number of benzene rings is 1. The molecule has 0 radical (unpaired) electrons. The number of hydrogen-bond donors (Lipinski definition) is 2. The Hall–Kier alpha value is -1.71. The molecule has 0 saturated heterocycles. The van der Waals surface area contributed by atoms with Crippen LogP contribution >= 0.6 is 0 Å². The van der Waals surface area contributed by atoms with Gasteiger partial charge in [-0.3, -0.25) is 4.79 Å². The number of aromatic hydroxyl groups is 1. The normalized spacial score (nSPS) is 14.5. The van der Waals surface area contributed by atoms with Gasteiger partial charge in [0.25, 0.3) is 5.91 Å². The van der Waals surface area contributed by atoms with E-state index in [4.69, 9.17) is 4.74 Å². The van der Waals surface area contributed by atoms with Gasteiger partial charge in [0.1, 0.15) is 0 Å². The highest BCUT2D eigenvalue weighted by molar-refractivity contribution is 5.77. The molecule has 0 heterocycles. The van der Waals surface area contributed by atoms with E-state index >= 15 is 0 Å². The Morgan fingerprint density at radius 3 is 2.88 bits per heavy atom. The summed E-state index contributed by atoms with van der Waals surface area (Å²) in [4.78, 5) is 11.3. The fourth-order valence-electron chi connectivity index (χ4n) is 1.35. The number of hydrogen-bond acceptors (Lipinski definition) is 3. The van der Waals surface area contributed by atoms with E-state index in [1.165, 1.54) is 18.9 Å². The predicted molar refractivity (Wildman–Crippen MR) is 59.3 cm³/mol. The molecule has 0 aliphatic heterocycles. The Kier molecular flexibility index (Phi) is 3.29. The van der Waals surface area contributed by atoms with E-state index in [1.54, 1.807) is 18.2 Å². The summed E-state index contributed by atoms with van der Waals surface area (Å²) in [6.07, 6.45) is 2.42. The second-order valence-electron chi connectivity index (χ2n) is 4.00. The zero-order valence-corrected chi connectivity index (χ0v) is 8.98. The highest BCUT2D eigenvalue weighted by atomic mass is 16.5. The minimum atomic E-state index is -0.143. The Bertz CT molecular complexity index is 374. The van der Waals surface area contributed by atoms with Gasteiger partial charge in [-0.15, -0.1) is 0 Å². The summed E-state index contributed by atoms with van der Waals surface area (Å²) in [6, 6.07) is 6.60. The first kappa shape index (κ1) is 10.8. The highest BCUT2D eigenvalue weighted by Crippen LogP contribution is 2.27. The molecule has 2 N–H and O–H groups in total. The van der Waals surface area contributed by atoms with Gasteiger partial charge in [0, 0.05) is 6.54 Å². The van der Waals surface area contributed by atoms with Crippen LogP contribution in [0.1, 0.15) is 12.8 Å². The molecule has 1 fully saturated rings. The first-order valence-corrected chi connectivity index (χ1v) is 5.43. The molecule has 1 amide bonds. The molecule has 0 unspecified atom stereocenters. The Morgan fingerprint density at radius 2 is 2.19 bits per heavy atom. The number of ether oxygens (including phenoxy) is 1. The molecule has 1 saturated carbocycles. The SMILES string of the molecule is O=C(COc1ccccc1O)NCC1CC1. The van der Waals surface area contributed by atoms with Crippen molar-refractivity contribution in [2.45, 2.75) is 12.8 Å². The van der Waals surface area contributed by atoms with Gasteiger partial charge in [0.15, 0.2) is 18.1 Å². The molecule has 0 bridgehead atoms. The third kappa shape index (κ3) is 3.15. The van der Waals surface area contributed by atoms with E-state index in [0.29, 0.717) is 11.7 Å². The van der Waals surface area contributed by atoms with Crippen LogP contribution in [0, 0.1) is 5.92 Å². The minimum Gasteiger partial charge on any atom is -0.504 e. The summed E-state index contributed by atoms with van der Waals surface area (Å²) in [5.41, 5.74) is 0. The molecule has 0 spiro atoms. The van der Waals surface area contributed by atoms with E-state index in [1.807, 2.05) is 0 Å². The molecular formula is C12H15NO3. The van der Waals surface area contributed by atoms with Crippen LogP contribution in [0.5, 0.6) is 11.5 Å². The first-order valence-electron chi connectivity index (χ1n) is 5.43. The highest BCUT2D eigenvalue weighted by Gasteiger charge is 2.21. The van der Waals surface area contributed by atoms with Crippen LogP contribution in [0.25, 0.3) is 0 Å². The van der Waals surface area contributed by atoms with Gasteiger partial charge in [-0.05, 0) is 30.9 Å². The Balaban J connectivity index is 1.73. The molecule has 0 atom stereocenters. The van der Waals surface area contributed by atoms with Crippen LogP contribution in [0.2, 0.25) is 0 Å². The second-order valence-corrected chi connectivity index (χ2v) is 4.00. The van der Waals surface area contributed by atoms with Crippen molar-refractivity contribution in [1.29, 1.82) is 0 Å². The minimum absolute atomic E-state index is 0.0513. The van der Waals surface area contributed by atoms with Crippen LogP contribution in [-0.4, -0.2) is 24.2 Å². The van der Waals surface area contributed by atoms with E-state index in [-0.39, 0.29) is 18.3 Å². The molecule has 1 aliphatic carbocycles. The van der Waals surface area contributed by atoms with Crippen molar-refractivity contribution in [3.05, 3.63) is 24.3 Å². The van der Waals surface area contributed by atoms with Crippen LogP contribution in [0.3, 0.4) is 0 Å². The second kappa shape index (κ2) is 4.88. The average Bonchev–Trinajstić information content (AvgIpc) is 3.09. The van der Waals surface area contributed by atoms with Crippen LogP contribution < -0.4 is 10.1 Å². The lowest BCUT2D eigenvalue weighted by Gasteiger charge is -2.07. The quantitative estimate of drug-likeness (QED) is 0.787. The number of nitrogens with one attached hydrogen (secondary N) is 1. The van der Waals surface area contributed by atoms with Crippen LogP contribution in [0.15, 0.2) is 24.3 Å². The third-order valence-corrected chi connectivity index (χ3v) is 2.51. The molecule has 1 aromatic rings. The maximum absolute atomic E-state index is 11.3. The summed E-state index contributed by atoms with van der Waals surface area (Å²) in [7, 11) is 0. The van der Waals surface area contributed by atoms with Gasteiger partial charge in [-0.1, -0.05) is 12.1 Å². The number of amides is 1. The summed E-state index contributed by atoms with van der Waals surface area (Å²) in [6.45, 7) is 0.688. The van der Waals surface area contributed by atoms with Crippen LogP contribution in [0.4, 0.5) is 0 Å². The van der Waals surface area contributed by atoms with E-state index in [0.717, 1.165) is 6.54 Å². The number of para-hydroxylation sites is 2. The van der Waals surface area contributed by atoms with E-state index in [2.05, 4.69) is 5.32 Å². The van der Waals surface area contributed by atoms with Crippen molar-refractivity contribution in [2.24, 2.45) is 5.92 Å². The van der Waals surface area contributed by atoms with Crippen molar-refractivity contribution < 1.29 is 14.6 Å². The summed E-state index contributed by atoms with van der Waals surface area (Å²) >= 11 is 0. The lowest BCUT2D eigenvalue weighted by atomic mass is 10.3. The number of rotatable bonds is 5. The van der Waals surface area contributed by atoms with Crippen molar-refractivity contribution in [2.75, 3.05) is 13.2 Å². The molecule has 16 heavy (non-hydrogen) atoms. The van der Waals surface area contributed by atoms with Crippen LogP contribution in [-0.2, 0) is 4.79 Å². The average molecular weight is 221 g/mol. The van der Waals surface area contributed by atoms with Gasteiger partial charge >= 0.3 is 0 Å². The predicted octanol–water partition coefficient (Wildman–Crippen LogP) is 1.30. The molecular weight excluding hydrogens is 206 g/mol. The monoisotopic (exact) mass is 221 g/mol. The molecule has 4 nitrogen and oxygen atoms in total. The summed E-state index contributed by atoms with van der Waals surface area (Å²) in [5, 5.41) is 12.2. The Labute approximate surface area is 94.2 Å². The standard InChI is InChI=1S/C12H15NO3/c14-10-3-1-2-4-11(10)16-8-12(15)13-7-9-5-6-9/h1-4,9,14H,5-8H2,(H,13,15). The smallest absolute Gasteiger partial charge is 0.257 e. The molecule has 4 heteroatoms. The zero-order chi connectivity index (χ0) is 11.4. The number of carbonyl (C=O) groups is 1. The van der Waals surface area contributed by atoms with Gasteiger partial charge in [0.2, 0.25) is 0 Å². The first-order chi connectivity index (χ1) is 7.75. The Morgan fingerprint density at radius 1 is 1.44 bits per heavy atom. The molecule has 1 aromatic carbocycles. The number of carbonyl (C=O) groups excluding carboxylic acids is 1. The molecule has 1 aliphatic rings. The molecule has 0 aromatic heterocycles. The van der Waals surface area contributed by atoms with Crippen molar-refractivity contribution in [3.8, 4) is 11.5 Å². The fourth-order valence-corrected chi connectivity index (χ4v) is 1.35. The van der Waals surface area contributed by atoms with Gasteiger partial charge in [0.05, 0.1) is 0 Å². The van der Waals surface area contributed by atoms with Crippen molar-refractivity contribution in [1.82, 2.24) is 5.32 Å². The number of phenols is 1.